The van der Waals surface area contributed by atoms with Crippen molar-refractivity contribution in [2.45, 2.75) is 39.3 Å². The van der Waals surface area contributed by atoms with Gasteiger partial charge in [0.05, 0.1) is 11.9 Å². The molecule has 2 aromatic heterocycles. The average Bonchev–Trinajstić information content (AvgIpc) is 3.30. The van der Waals surface area contributed by atoms with Crippen molar-refractivity contribution < 1.29 is 9.59 Å². The van der Waals surface area contributed by atoms with E-state index in [4.69, 9.17) is 0 Å². The molecule has 7 nitrogen and oxygen atoms in total. The first kappa shape index (κ1) is 19.8. The van der Waals surface area contributed by atoms with E-state index in [2.05, 4.69) is 20.7 Å². The maximum atomic E-state index is 12.4. The number of hydrogen-bond donors (Lipinski definition) is 2. The highest BCUT2D eigenvalue weighted by Gasteiger charge is 2.22. The van der Waals surface area contributed by atoms with E-state index in [1.165, 1.54) is 11.3 Å². The number of amides is 2. The number of nitrogens with zero attached hydrogens (tertiary/aromatic N) is 3. The summed E-state index contributed by atoms with van der Waals surface area (Å²) in [6, 6.07) is 9.10. The minimum Gasteiger partial charge on any atom is -0.350 e. The molecular formula is C20H23N5O2S. The van der Waals surface area contributed by atoms with Gasteiger partial charge < -0.3 is 10.6 Å². The Labute approximate surface area is 167 Å². The Morgan fingerprint density at radius 1 is 1.18 bits per heavy atom. The Morgan fingerprint density at radius 3 is 2.57 bits per heavy atom. The van der Waals surface area contributed by atoms with Crippen LogP contribution < -0.4 is 10.6 Å². The number of carbonyl (C=O) groups excluding carboxylic acids is 2. The summed E-state index contributed by atoms with van der Waals surface area (Å²) >= 11 is 1.36. The molecule has 146 valence electrons. The molecule has 0 aliphatic heterocycles. The zero-order chi connectivity index (χ0) is 20.3. The number of hydrogen-bond acceptors (Lipinski definition) is 5. The van der Waals surface area contributed by atoms with Crippen LogP contribution >= 0.6 is 11.3 Å². The number of benzene rings is 1. The van der Waals surface area contributed by atoms with Gasteiger partial charge in [-0.2, -0.15) is 5.10 Å². The Hall–Kier alpha value is -3.00. The van der Waals surface area contributed by atoms with Gasteiger partial charge in [0.25, 0.3) is 5.91 Å². The van der Waals surface area contributed by atoms with Crippen LogP contribution in [0.2, 0.25) is 0 Å². The molecule has 2 amide bonds. The molecule has 0 saturated heterocycles. The van der Waals surface area contributed by atoms with Gasteiger partial charge in [-0.25, -0.2) is 9.67 Å². The predicted octanol–water partition coefficient (Wildman–Crippen LogP) is 3.03. The van der Waals surface area contributed by atoms with Crippen molar-refractivity contribution >= 4 is 23.2 Å². The minimum absolute atomic E-state index is 0.236. The second kappa shape index (κ2) is 7.93. The van der Waals surface area contributed by atoms with Crippen LogP contribution in [0, 0.1) is 0 Å². The third-order valence-electron chi connectivity index (χ3n) is 3.83. The standard InChI is InChI=1S/C20H23N5O2S/c1-13(17(26)24-20(2,3)4)22-18(27)16-12-28-19(23-16)14-10-21-25(11-14)15-8-6-5-7-9-15/h5-13H,1-4H3,(H,22,27)(H,24,26). The molecule has 2 N–H and O–H groups in total. The first-order valence-corrected chi connectivity index (χ1v) is 9.80. The normalized spacial score (nSPS) is 12.4. The summed E-state index contributed by atoms with van der Waals surface area (Å²) in [4.78, 5) is 29.0. The van der Waals surface area contributed by atoms with E-state index in [0.717, 1.165) is 11.3 Å². The number of carbonyl (C=O) groups is 2. The van der Waals surface area contributed by atoms with Crippen molar-refractivity contribution in [2.75, 3.05) is 0 Å². The van der Waals surface area contributed by atoms with Gasteiger partial charge in [-0.1, -0.05) is 18.2 Å². The maximum Gasteiger partial charge on any atom is 0.271 e. The van der Waals surface area contributed by atoms with E-state index < -0.39 is 6.04 Å². The van der Waals surface area contributed by atoms with Gasteiger partial charge in [0, 0.05) is 22.7 Å². The Kier molecular flexibility index (Phi) is 5.60. The van der Waals surface area contributed by atoms with Crippen LogP contribution in [0.5, 0.6) is 0 Å². The molecule has 28 heavy (non-hydrogen) atoms. The van der Waals surface area contributed by atoms with Crippen LogP contribution in [0.15, 0.2) is 48.1 Å². The van der Waals surface area contributed by atoms with E-state index in [-0.39, 0.29) is 23.0 Å². The highest BCUT2D eigenvalue weighted by Crippen LogP contribution is 2.24. The van der Waals surface area contributed by atoms with Gasteiger partial charge in [0.15, 0.2) is 0 Å². The number of nitrogens with one attached hydrogen (secondary N) is 2. The van der Waals surface area contributed by atoms with Crippen LogP contribution in [-0.4, -0.2) is 38.2 Å². The lowest BCUT2D eigenvalue weighted by Gasteiger charge is -2.23. The fraction of sp³-hybridized carbons (Fsp3) is 0.300. The molecule has 0 aliphatic carbocycles. The van der Waals surface area contributed by atoms with Crippen molar-refractivity contribution in [3.05, 3.63) is 53.8 Å². The largest absolute Gasteiger partial charge is 0.350 e. The fourth-order valence-corrected chi connectivity index (χ4v) is 3.26. The van der Waals surface area contributed by atoms with Gasteiger partial charge in [-0.3, -0.25) is 9.59 Å². The zero-order valence-electron chi connectivity index (χ0n) is 16.3. The molecule has 1 aromatic carbocycles. The molecule has 0 fully saturated rings. The van der Waals surface area contributed by atoms with Gasteiger partial charge in [0.2, 0.25) is 5.91 Å². The van der Waals surface area contributed by atoms with Crippen molar-refractivity contribution in [3.63, 3.8) is 0 Å². The van der Waals surface area contributed by atoms with E-state index >= 15 is 0 Å². The topological polar surface area (TPSA) is 88.9 Å². The maximum absolute atomic E-state index is 12.4. The fourth-order valence-electron chi connectivity index (χ4n) is 2.48. The lowest BCUT2D eigenvalue weighted by molar-refractivity contribution is -0.124. The van der Waals surface area contributed by atoms with E-state index in [0.29, 0.717) is 5.01 Å². The van der Waals surface area contributed by atoms with E-state index in [9.17, 15) is 9.59 Å². The Bertz CT molecular complexity index is 972. The third-order valence-corrected chi connectivity index (χ3v) is 4.72. The smallest absolute Gasteiger partial charge is 0.271 e. The van der Waals surface area contributed by atoms with Crippen molar-refractivity contribution in [1.29, 1.82) is 0 Å². The lowest BCUT2D eigenvalue weighted by Crippen LogP contribution is -2.50. The molecule has 1 atom stereocenters. The molecule has 1 unspecified atom stereocenters. The number of para-hydroxylation sites is 1. The predicted molar refractivity (Wildman–Crippen MR) is 109 cm³/mol. The molecule has 8 heteroatoms. The van der Waals surface area contributed by atoms with Gasteiger partial charge in [0.1, 0.15) is 16.7 Å². The highest BCUT2D eigenvalue weighted by molar-refractivity contribution is 7.13. The zero-order valence-corrected chi connectivity index (χ0v) is 17.1. The third kappa shape index (κ3) is 4.83. The molecule has 3 rings (SSSR count). The van der Waals surface area contributed by atoms with E-state index in [1.54, 1.807) is 23.2 Å². The quantitative estimate of drug-likeness (QED) is 0.693. The summed E-state index contributed by atoms with van der Waals surface area (Å²) in [5, 5.41) is 12.3. The summed E-state index contributed by atoms with van der Waals surface area (Å²) in [6.07, 6.45) is 3.59. The van der Waals surface area contributed by atoms with Crippen LogP contribution in [-0.2, 0) is 4.79 Å². The monoisotopic (exact) mass is 397 g/mol. The van der Waals surface area contributed by atoms with Crippen molar-refractivity contribution in [1.82, 2.24) is 25.4 Å². The molecular weight excluding hydrogens is 374 g/mol. The number of rotatable bonds is 5. The summed E-state index contributed by atoms with van der Waals surface area (Å²) in [5.41, 5.74) is 1.69. The molecule has 3 aromatic rings. The second-order valence-electron chi connectivity index (χ2n) is 7.48. The minimum atomic E-state index is -0.655. The Balaban J connectivity index is 1.68. The molecule has 0 radical (unpaired) electrons. The van der Waals surface area contributed by atoms with E-state index in [1.807, 2.05) is 57.3 Å². The van der Waals surface area contributed by atoms with Crippen molar-refractivity contribution in [2.24, 2.45) is 0 Å². The van der Waals surface area contributed by atoms with Gasteiger partial charge in [-0.15, -0.1) is 11.3 Å². The molecule has 0 spiro atoms. The van der Waals surface area contributed by atoms with Gasteiger partial charge in [-0.05, 0) is 39.8 Å². The molecule has 0 aliphatic rings. The molecule has 0 bridgehead atoms. The highest BCUT2D eigenvalue weighted by atomic mass is 32.1. The van der Waals surface area contributed by atoms with Crippen LogP contribution in [0.25, 0.3) is 16.3 Å². The summed E-state index contributed by atoms with van der Waals surface area (Å²) in [7, 11) is 0. The summed E-state index contributed by atoms with van der Waals surface area (Å²) in [6.45, 7) is 7.32. The lowest BCUT2D eigenvalue weighted by atomic mass is 10.1. The van der Waals surface area contributed by atoms with Gasteiger partial charge >= 0.3 is 0 Å². The van der Waals surface area contributed by atoms with Crippen LogP contribution in [0.3, 0.4) is 0 Å². The Morgan fingerprint density at radius 2 is 1.89 bits per heavy atom. The number of aromatic nitrogens is 3. The van der Waals surface area contributed by atoms with Crippen molar-refractivity contribution in [3.8, 4) is 16.3 Å². The first-order chi connectivity index (χ1) is 13.2. The number of thiazole rings is 1. The molecule has 2 heterocycles. The average molecular weight is 398 g/mol. The second-order valence-corrected chi connectivity index (χ2v) is 8.34. The summed E-state index contributed by atoms with van der Waals surface area (Å²) in [5.74, 6) is -0.616. The molecule has 0 saturated carbocycles. The first-order valence-electron chi connectivity index (χ1n) is 8.92. The van der Waals surface area contributed by atoms with Crippen LogP contribution in [0.1, 0.15) is 38.2 Å². The SMILES string of the molecule is CC(NC(=O)c1csc(-c2cnn(-c3ccccc3)c2)n1)C(=O)NC(C)(C)C. The summed E-state index contributed by atoms with van der Waals surface area (Å²) < 4.78 is 1.76. The van der Waals surface area contributed by atoms with Crippen LogP contribution in [0.4, 0.5) is 0 Å².